The van der Waals surface area contributed by atoms with Gasteiger partial charge < -0.3 is 10.5 Å². The number of nitrogens with two attached hydrogens (primary N) is 1. The predicted molar refractivity (Wildman–Crippen MR) is 82.7 cm³/mol. The molecule has 0 aromatic heterocycles. The highest BCUT2D eigenvalue weighted by molar-refractivity contribution is 5.04. The number of fused-ring (bicyclic) bond motifs is 1. The van der Waals surface area contributed by atoms with Gasteiger partial charge in [0.25, 0.3) is 0 Å². The van der Waals surface area contributed by atoms with E-state index in [1.807, 2.05) is 0 Å². The molecular weight excluding hydrogens is 248 g/mol. The third kappa shape index (κ3) is 2.42. The summed E-state index contributed by atoms with van der Waals surface area (Å²) in [5, 5.41) is 0. The molecule has 0 spiro atoms. The Morgan fingerprint density at radius 3 is 2.75 bits per heavy atom. The zero-order valence-electron chi connectivity index (χ0n) is 13.2. The number of hydrogen-bond donors (Lipinski definition) is 1. The first-order chi connectivity index (χ1) is 9.81. The lowest BCUT2D eigenvalue weighted by molar-refractivity contribution is -0.145. The number of rotatable bonds is 3. The van der Waals surface area contributed by atoms with Crippen molar-refractivity contribution in [2.75, 3.05) is 19.7 Å². The monoisotopic (exact) mass is 280 g/mol. The second-order valence-electron chi connectivity index (χ2n) is 7.11. The summed E-state index contributed by atoms with van der Waals surface area (Å²) in [5.41, 5.74) is 6.65. The third-order valence-corrected chi connectivity index (χ3v) is 6.32. The van der Waals surface area contributed by atoms with Crippen LogP contribution in [0.3, 0.4) is 0 Å². The molecule has 0 amide bonds. The Morgan fingerprint density at radius 2 is 1.95 bits per heavy atom. The molecule has 2 N–H and O–H groups in total. The molecule has 2 aliphatic carbocycles. The van der Waals surface area contributed by atoms with Crippen LogP contribution in [0.4, 0.5) is 0 Å². The molecule has 0 radical (unpaired) electrons. The molecule has 4 atom stereocenters. The van der Waals surface area contributed by atoms with Gasteiger partial charge >= 0.3 is 0 Å². The fourth-order valence-electron chi connectivity index (χ4n) is 5.29. The molecule has 0 aromatic carbocycles. The summed E-state index contributed by atoms with van der Waals surface area (Å²) >= 11 is 0. The molecule has 3 fully saturated rings. The molecule has 0 bridgehead atoms. The Hall–Kier alpha value is -0.120. The van der Waals surface area contributed by atoms with Gasteiger partial charge in [-0.3, -0.25) is 4.90 Å². The average molecular weight is 280 g/mol. The summed E-state index contributed by atoms with van der Waals surface area (Å²) in [5.74, 6) is 0.793. The number of nitrogens with zero attached hydrogens (tertiary/aromatic N) is 1. The van der Waals surface area contributed by atoms with E-state index in [4.69, 9.17) is 10.5 Å². The van der Waals surface area contributed by atoms with Crippen LogP contribution < -0.4 is 5.73 Å². The highest BCUT2D eigenvalue weighted by Crippen LogP contribution is 2.44. The van der Waals surface area contributed by atoms with Crippen molar-refractivity contribution in [2.45, 2.75) is 82.4 Å². The molecule has 3 heteroatoms. The maximum atomic E-state index is 6.37. The fraction of sp³-hybridized carbons (Fsp3) is 1.00. The van der Waals surface area contributed by atoms with E-state index < -0.39 is 0 Å². The molecule has 3 rings (SSSR count). The van der Waals surface area contributed by atoms with Crippen LogP contribution in [0.2, 0.25) is 0 Å². The average Bonchev–Trinajstić information content (AvgIpc) is 2.54. The molecule has 0 aromatic rings. The topological polar surface area (TPSA) is 38.5 Å². The maximum absolute atomic E-state index is 6.37. The van der Waals surface area contributed by atoms with Crippen LogP contribution >= 0.6 is 0 Å². The standard InChI is InChI=1S/C17H32N2O/c1-2-14-7-5-6-10-17(14,13-18)19-11-12-20-16-9-4-3-8-15(16)19/h14-16H,2-13,18H2,1H3. The van der Waals surface area contributed by atoms with E-state index >= 15 is 0 Å². The van der Waals surface area contributed by atoms with Crippen molar-refractivity contribution in [3.05, 3.63) is 0 Å². The maximum Gasteiger partial charge on any atom is 0.0731 e. The summed E-state index contributed by atoms with van der Waals surface area (Å²) in [7, 11) is 0. The van der Waals surface area contributed by atoms with E-state index in [1.54, 1.807) is 0 Å². The molecule has 20 heavy (non-hydrogen) atoms. The Labute approximate surface area is 124 Å². The van der Waals surface area contributed by atoms with Crippen LogP contribution in [0.1, 0.15) is 64.7 Å². The highest BCUT2D eigenvalue weighted by Gasteiger charge is 2.49. The lowest BCUT2D eigenvalue weighted by atomic mass is 9.68. The molecule has 1 saturated heterocycles. The van der Waals surface area contributed by atoms with Gasteiger partial charge in [-0.25, -0.2) is 0 Å². The first-order valence-corrected chi connectivity index (χ1v) is 8.90. The minimum atomic E-state index is 0.275. The zero-order chi connectivity index (χ0) is 14.0. The second kappa shape index (κ2) is 6.33. The predicted octanol–water partition coefficient (Wildman–Crippen LogP) is 2.93. The Morgan fingerprint density at radius 1 is 1.15 bits per heavy atom. The molecule has 116 valence electrons. The molecule has 1 aliphatic heterocycles. The van der Waals surface area contributed by atoms with Crippen LogP contribution in [0.5, 0.6) is 0 Å². The van der Waals surface area contributed by atoms with Gasteiger partial charge in [0.05, 0.1) is 12.7 Å². The van der Waals surface area contributed by atoms with Crippen LogP contribution in [-0.4, -0.2) is 42.3 Å². The second-order valence-corrected chi connectivity index (χ2v) is 7.11. The highest BCUT2D eigenvalue weighted by atomic mass is 16.5. The lowest BCUT2D eigenvalue weighted by Gasteiger charge is -2.57. The molecular formula is C17H32N2O. The minimum absolute atomic E-state index is 0.275. The van der Waals surface area contributed by atoms with Crippen LogP contribution in [-0.2, 0) is 4.74 Å². The molecule has 4 unspecified atom stereocenters. The van der Waals surface area contributed by atoms with E-state index in [-0.39, 0.29) is 5.54 Å². The van der Waals surface area contributed by atoms with Crippen LogP contribution in [0.25, 0.3) is 0 Å². The molecule has 2 saturated carbocycles. The Bertz CT molecular complexity index is 320. The minimum Gasteiger partial charge on any atom is -0.375 e. The van der Waals surface area contributed by atoms with E-state index in [0.29, 0.717) is 12.1 Å². The Kier molecular flexibility index (Phi) is 4.68. The van der Waals surface area contributed by atoms with Crippen molar-refractivity contribution in [1.29, 1.82) is 0 Å². The smallest absolute Gasteiger partial charge is 0.0731 e. The fourth-order valence-corrected chi connectivity index (χ4v) is 5.29. The van der Waals surface area contributed by atoms with Gasteiger partial charge in [0.15, 0.2) is 0 Å². The quantitative estimate of drug-likeness (QED) is 0.864. The summed E-state index contributed by atoms with van der Waals surface area (Å²) in [6, 6.07) is 0.646. The van der Waals surface area contributed by atoms with Crippen molar-refractivity contribution in [1.82, 2.24) is 4.90 Å². The summed E-state index contributed by atoms with van der Waals surface area (Å²) < 4.78 is 6.08. The summed E-state index contributed by atoms with van der Waals surface area (Å²) in [6.07, 6.45) is 12.5. The van der Waals surface area contributed by atoms with E-state index in [9.17, 15) is 0 Å². The van der Waals surface area contributed by atoms with Gasteiger partial charge in [-0.05, 0) is 31.6 Å². The van der Waals surface area contributed by atoms with Crippen molar-refractivity contribution < 1.29 is 4.74 Å². The van der Waals surface area contributed by atoms with Gasteiger partial charge in [0.1, 0.15) is 0 Å². The molecule has 1 heterocycles. The molecule has 3 nitrogen and oxygen atoms in total. The molecule has 3 aliphatic rings. The SMILES string of the molecule is CCC1CCCCC1(CN)N1CCOC2CCCCC21. The van der Waals surface area contributed by atoms with Crippen molar-refractivity contribution in [3.8, 4) is 0 Å². The van der Waals surface area contributed by atoms with Crippen molar-refractivity contribution in [3.63, 3.8) is 0 Å². The Balaban J connectivity index is 1.86. The summed E-state index contributed by atoms with van der Waals surface area (Å²) in [6.45, 7) is 5.22. The summed E-state index contributed by atoms with van der Waals surface area (Å²) in [4.78, 5) is 2.83. The zero-order valence-corrected chi connectivity index (χ0v) is 13.2. The first-order valence-electron chi connectivity index (χ1n) is 8.90. The van der Waals surface area contributed by atoms with Gasteiger partial charge in [0.2, 0.25) is 0 Å². The van der Waals surface area contributed by atoms with E-state index in [1.165, 1.54) is 57.8 Å². The van der Waals surface area contributed by atoms with Crippen LogP contribution in [0.15, 0.2) is 0 Å². The first kappa shape index (κ1) is 14.8. The van der Waals surface area contributed by atoms with E-state index in [2.05, 4.69) is 11.8 Å². The van der Waals surface area contributed by atoms with Gasteiger partial charge in [-0.2, -0.15) is 0 Å². The van der Waals surface area contributed by atoms with Crippen molar-refractivity contribution in [2.24, 2.45) is 11.7 Å². The van der Waals surface area contributed by atoms with Crippen LogP contribution in [0, 0.1) is 5.92 Å². The van der Waals surface area contributed by atoms with Gasteiger partial charge in [-0.15, -0.1) is 0 Å². The normalized spacial score (nSPS) is 43.2. The van der Waals surface area contributed by atoms with Crippen molar-refractivity contribution >= 4 is 0 Å². The lowest BCUT2D eigenvalue weighted by Crippen LogP contribution is -2.68. The number of ether oxygens (including phenoxy) is 1. The third-order valence-electron chi connectivity index (χ3n) is 6.32. The largest absolute Gasteiger partial charge is 0.375 e. The number of hydrogen-bond acceptors (Lipinski definition) is 3. The van der Waals surface area contributed by atoms with E-state index in [0.717, 1.165) is 25.6 Å². The van der Waals surface area contributed by atoms with Gasteiger partial charge in [-0.1, -0.05) is 39.0 Å². The number of morpholine rings is 1. The van der Waals surface area contributed by atoms with Gasteiger partial charge in [0, 0.05) is 24.7 Å².